The number of alkyl halides is 2. The molecule has 0 aliphatic rings. The van der Waals surface area contributed by atoms with Gasteiger partial charge in [0.2, 0.25) is 0 Å². The van der Waals surface area contributed by atoms with Gasteiger partial charge in [-0.2, -0.15) is 0 Å². The Balaban J connectivity index is -0.000000142. The average molecular weight is 389 g/mol. The first-order valence-corrected chi connectivity index (χ1v) is 6.01. The smallest absolute Gasteiger partial charge is 0.415 e. The van der Waals surface area contributed by atoms with Gasteiger partial charge in [0.25, 0.3) is 0 Å². The van der Waals surface area contributed by atoms with Crippen molar-refractivity contribution in [3.8, 4) is 0 Å². The van der Waals surface area contributed by atoms with Crippen LogP contribution in [-0.4, -0.2) is 25.9 Å². The molecule has 12 heavy (non-hydrogen) atoms. The fraction of sp³-hybridized carbons (Fsp3) is 0.833. The first kappa shape index (κ1) is 18.6. The van der Waals surface area contributed by atoms with Gasteiger partial charge in [0.1, 0.15) is 0 Å². The largest absolute Gasteiger partial charge is 1.00 e. The molecule has 0 fully saturated rings. The van der Waals surface area contributed by atoms with E-state index in [1.165, 1.54) is 0 Å². The van der Waals surface area contributed by atoms with Gasteiger partial charge in [0.05, 0.1) is 6.43 Å². The van der Waals surface area contributed by atoms with Crippen molar-refractivity contribution in [1.29, 1.82) is 0 Å². The maximum atomic E-state index is 11.1. The van der Waals surface area contributed by atoms with Gasteiger partial charge in [-0.3, -0.25) is 0 Å². The third-order valence-electron chi connectivity index (χ3n) is 0.332. The molecule has 0 aromatic rings. The number of hydrogen-bond acceptors (Lipinski definition) is 0. The summed E-state index contributed by atoms with van der Waals surface area (Å²) < 4.78 is 43.5. The Bertz CT molecular complexity index is 89.3. The van der Waals surface area contributed by atoms with E-state index in [0.717, 1.165) is 0 Å². The third-order valence-corrected chi connectivity index (χ3v) is 0.332. The molecule has 0 nitrogen and oxygen atoms in total. The van der Waals surface area contributed by atoms with Gasteiger partial charge >= 0.3 is 22.4 Å². The summed E-state index contributed by atoms with van der Waals surface area (Å²) in [6.45, 7) is 6.95. The van der Waals surface area contributed by atoms with Gasteiger partial charge in [0, 0.05) is 20.0 Å². The second-order valence-electron chi connectivity index (χ2n) is 2.65. The van der Waals surface area contributed by atoms with Crippen LogP contribution in [0.25, 0.3) is 0 Å². The molecule has 0 unspecified atom stereocenters. The SMILES string of the molecule is CC(F)(F)[C-](F)F.C[PH+](C)C.[Au+]. The molecule has 0 aliphatic carbocycles. The van der Waals surface area contributed by atoms with Crippen molar-refractivity contribution >= 4 is 7.92 Å². The van der Waals surface area contributed by atoms with Crippen LogP contribution < -0.4 is 0 Å². The summed E-state index contributed by atoms with van der Waals surface area (Å²) in [6, 6.07) is 0. The van der Waals surface area contributed by atoms with Crippen molar-refractivity contribution in [2.24, 2.45) is 0 Å². The van der Waals surface area contributed by atoms with Crippen LogP contribution in [0, 0.1) is 6.43 Å². The van der Waals surface area contributed by atoms with Gasteiger partial charge < -0.3 is 8.78 Å². The Morgan fingerprint density at radius 2 is 1.17 bits per heavy atom. The zero-order valence-electron chi connectivity index (χ0n) is 7.31. The predicted octanol–water partition coefficient (Wildman–Crippen LogP) is 3.16. The van der Waals surface area contributed by atoms with Crippen LogP contribution in [0.15, 0.2) is 0 Å². The van der Waals surface area contributed by atoms with E-state index in [2.05, 4.69) is 20.0 Å². The third kappa shape index (κ3) is 22.4. The van der Waals surface area contributed by atoms with E-state index in [9.17, 15) is 17.6 Å². The van der Waals surface area contributed by atoms with Crippen molar-refractivity contribution in [2.45, 2.75) is 12.8 Å². The van der Waals surface area contributed by atoms with Gasteiger partial charge in [-0.25, -0.2) is 8.78 Å². The van der Waals surface area contributed by atoms with Gasteiger partial charge in [-0.15, -0.1) is 0 Å². The molecule has 0 saturated carbocycles. The zero-order valence-corrected chi connectivity index (χ0v) is 10.5. The van der Waals surface area contributed by atoms with Crippen LogP contribution in [0.2, 0.25) is 0 Å². The average Bonchev–Trinajstić information content (AvgIpc) is 1.59. The second kappa shape index (κ2) is 8.49. The Morgan fingerprint density at radius 3 is 1.17 bits per heavy atom. The maximum absolute atomic E-state index is 11.1. The van der Waals surface area contributed by atoms with Crippen LogP contribution in [0.4, 0.5) is 17.6 Å². The quantitative estimate of drug-likeness (QED) is 0.280. The number of halogens is 4. The van der Waals surface area contributed by atoms with E-state index in [-0.39, 0.29) is 37.2 Å². The molecule has 0 radical (unpaired) electrons. The standard InChI is InChI=1S/C3H3F4.C3H9P.Au/c1-3(6,7)2(4)5;1-4(2)3;/h1H3;1-3H3;/q-1;;+1/p+1. The first-order chi connectivity index (χ1) is 4.68. The van der Waals surface area contributed by atoms with Gasteiger partial charge in [0.15, 0.2) is 5.92 Å². The Kier molecular flexibility index (Phi) is 13.2. The molecular formula is C6H13AuF4P+. The van der Waals surface area contributed by atoms with Crippen LogP contribution >= 0.6 is 7.92 Å². The van der Waals surface area contributed by atoms with Crippen molar-refractivity contribution in [3.63, 3.8) is 0 Å². The predicted molar refractivity (Wildman–Crippen MR) is 42.2 cm³/mol. The Morgan fingerprint density at radius 1 is 1.08 bits per heavy atom. The Hall–Kier alpha value is 0.890. The molecule has 0 aromatic heterocycles. The molecule has 0 bridgehead atoms. The molecule has 0 heterocycles. The summed E-state index contributed by atoms with van der Waals surface area (Å²) >= 11 is 0. The van der Waals surface area contributed by atoms with Crippen LogP contribution in [0.3, 0.4) is 0 Å². The molecule has 0 aliphatic heterocycles. The molecule has 6 heteroatoms. The van der Waals surface area contributed by atoms with E-state index in [4.69, 9.17) is 0 Å². The molecule has 0 rings (SSSR count). The van der Waals surface area contributed by atoms with Crippen molar-refractivity contribution < 1.29 is 39.9 Å². The summed E-state index contributed by atoms with van der Waals surface area (Å²) in [5.41, 5.74) is 0. The van der Waals surface area contributed by atoms with E-state index < -0.39 is 12.3 Å². The molecule has 0 saturated heterocycles. The fourth-order valence-corrected chi connectivity index (χ4v) is 0. The number of hydrogen-bond donors (Lipinski definition) is 0. The van der Waals surface area contributed by atoms with Crippen molar-refractivity contribution in [1.82, 2.24) is 0 Å². The molecule has 0 amide bonds. The molecule has 0 aromatic carbocycles. The second-order valence-corrected chi connectivity index (χ2v) is 5.65. The first-order valence-electron chi connectivity index (χ1n) is 3.01. The van der Waals surface area contributed by atoms with Gasteiger partial charge in [-0.1, -0.05) is 0 Å². The van der Waals surface area contributed by atoms with Gasteiger partial charge in [-0.05, 0) is 14.8 Å². The summed E-state index contributed by atoms with van der Waals surface area (Å²) in [4.78, 5) is 0. The molecule has 0 spiro atoms. The monoisotopic (exact) mass is 389 g/mol. The van der Waals surface area contributed by atoms with E-state index in [1.54, 1.807) is 0 Å². The molecular weight excluding hydrogens is 376 g/mol. The summed E-state index contributed by atoms with van der Waals surface area (Å²) in [5, 5.41) is 0. The topological polar surface area (TPSA) is 0 Å². The minimum atomic E-state index is -3.92. The summed E-state index contributed by atoms with van der Waals surface area (Å²) in [5.74, 6) is -3.92. The molecule has 0 N–H and O–H groups in total. The van der Waals surface area contributed by atoms with Crippen LogP contribution in [0.5, 0.6) is 0 Å². The van der Waals surface area contributed by atoms with Crippen LogP contribution in [0.1, 0.15) is 6.92 Å². The Labute approximate surface area is 87.4 Å². The minimum absolute atomic E-state index is 0. The minimum Gasteiger partial charge on any atom is -0.415 e. The normalized spacial score (nSPS) is 10.5. The summed E-state index contributed by atoms with van der Waals surface area (Å²) in [6.07, 6.45) is -2.84. The molecule has 80 valence electrons. The van der Waals surface area contributed by atoms with E-state index in [1.807, 2.05) is 0 Å². The van der Waals surface area contributed by atoms with E-state index >= 15 is 0 Å². The summed E-state index contributed by atoms with van der Waals surface area (Å²) in [7, 11) is 0.120. The van der Waals surface area contributed by atoms with Crippen molar-refractivity contribution in [2.75, 3.05) is 20.0 Å². The van der Waals surface area contributed by atoms with E-state index in [0.29, 0.717) is 0 Å². The van der Waals surface area contributed by atoms with Crippen LogP contribution in [-0.2, 0) is 22.4 Å². The van der Waals surface area contributed by atoms with Crippen molar-refractivity contribution in [3.05, 3.63) is 6.43 Å². The molecule has 0 atom stereocenters. The number of rotatable bonds is 1. The maximum Gasteiger partial charge on any atom is 1.00 e. The zero-order chi connectivity index (χ0) is 9.65. The fourth-order valence-electron chi connectivity index (χ4n) is 0.